The van der Waals surface area contributed by atoms with Crippen LogP contribution in [-0.2, 0) is 23.9 Å². The average molecular weight is 527 g/mol. The Morgan fingerprint density at radius 3 is 2.70 bits per heavy atom. The molecule has 9 heteroatoms. The molecular weight excluding hydrogens is 492 g/mol. The van der Waals surface area contributed by atoms with Crippen LogP contribution in [0.1, 0.15) is 39.5 Å². The fourth-order valence-corrected chi connectivity index (χ4v) is 6.45. The van der Waals surface area contributed by atoms with Crippen molar-refractivity contribution >= 4 is 33.7 Å². The molecule has 1 spiro atoms. The number of ether oxygens (including phenoxy) is 2. The van der Waals surface area contributed by atoms with Crippen LogP contribution in [-0.4, -0.2) is 87.6 Å². The van der Waals surface area contributed by atoms with Crippen LogP contribution >= 0.6 is 15.9 Å². The Morgan fingerprint density at radius 2 is 2.09 bits per heavy atom. The van der Waals surface area contributed by atoms with Crippen LogP contribution in [0.15, 0.2) is 25.3 Å². The number of carbonyl (C=O) groups is 3. The van der Waals surface area contributed by atoms with E-state index in [1.807, 2.05) is 13.8 Å². The van der Waals surface area contributed by atoms with Gasteiger partial charge in [0.15, 0.2) is 0 Å². The minimum Gasteiger partial charge on any atom is -0.465 e. The summed E-state index contributed by atoms with van der Waals surface area (Å²) in [5.41, 5.74) is -1.11. The number of allylic oxidation sites excluding steroid dienone is 1. The molecule has 3 aliphatic heterocycles. The van der Waals surface area contributed by atoms with Crippen molar-refractivity contribution < 1.29 is 29.0 Å². The second kappa shape index (κ2) is 10.7. The van der Waals surface area contributed by atoms with E-state index >= 15 is 0 Å². The van der Waals surface area contributed by atoms with Gasteiger partial charge < -0.3 is 24.4 Å². The zero-order valence-corrected chi connectivity index (χ0v) is 21.0. The highest BCUT2D eigenvalue weighted by Gasteiger charge is 2.77. The number of esters is 1. The molecule has 0 aromatic rings. The zero-order valence-electron chi connectivity index (χ0n) is 19.5. The molecule has 0 aromatic carbocycles. The Balaban J connectivity index is 1.96. The number of carbonyl (C=O) groups excluding carboxylic acids is 3. The molecule has 0 aromatic heterocycles. The van der Waals surface area contributed by atoms with E-state index in [1.54, 1.807) is 17.1 Å². The maximum atomic E-state index is 13.8. The predicted molar refractivity (Wildman–Crippen MR) is 127 cm³/mol. The van der Waals surface area contributed by atoms with Gasteiger partial charge in [0.25, 0.3) is 0 Å². The molecule has 0 saturated carbocycles. The molecule has 3 rings (SSSR count). The van der Waals surface area contributed by atoms with Crippen molar-refractivity contribution in [3.63, 3.8) is 0 Å². The lowest BCUT2D eigenvalue weighted by atomic mass is 9.70. The Bertz CT molecular complexity index is 789. The Labute approximate surface area is 204 Å². The highest BCUT2D eigenvalue weighted by atomic mass is 79.9. The number of hydrogen-bond donors (Lipinski definition) is 1. The third-order valence-corrected chi connectivity index (χ3v) is 7.73. The van der Waals surface area contributed by atoms with Crippen molar-refractivity contribution in [2.24, 2.45) is 11.8 Å². The first-order valence-electron chi connectivity index (χ1n) is 11.7. The highest BCUT2D eigenvalue weighted by molar-refractivity contribution is 9.09. The quantitative estimate of drug-likeness (QED) is 0.181. The number of amides is 2. The van der Waals surface area contributed by atoms with Gasteiger partial charge in [0.2, 0.25) is 11.8 Å². The SMILES string of the molecule is C=CCCCOC(=O)[C@H]1[C@H]2C(=O)N(CCCO)C(C(=O)N(CC=C)C(C)C)C23CC(Br)[C@@H]1O3. The van der Waals surface area contributed by atoms with E-state index < -0.39 is 35.6 Å². The van der Waals surface area contributed by atoms with E-state index in [9.17, 15) is 19.5 Å². The third-order valence-electron chi connectivity index (χ3n) is 6.88. The molecule has 3 heterocycles. The summed E-state index contributed by atoms with van der Waals surface area (Å²) in [5.74, 6) is -2.53. The van der Waals surface area contributed by atoms with Gasteiger partial charge in [-0.2, -0.15) is 0 Å². The fourth-order valence-electron chi connectivity index (χ4n) is 5.51. The third kappa shape index (κ3) is 4.51. The van der Waals surface area contributed by atoms with Crippen molar-refractivity contribution in [3.05, 3.63) is 25.3 Å². The van der Waals surface area contributed by atoms with Crippen LogP contribution in [0.4, 0.5) is 0 Å². The molecule has 6 atom stereocenters. The summed E-state index contributed by atoms with van der Waals surface area (Å²) in [6.07, 6.45) is 5.05. The number of likely N-dealkylation sites (tertiary alicyclic amines) is 1. The molecule has 8 nitrogen and oxygen atoms in total. The van der Waals surface area contributed by atoms with Gasteiger partial charge in [-0.3, -0.25) is 14.4 Å². The summed E-state index contributed by atoms with van der Waals surface area (Å²) in [6.45, 7) is 11.9. The number of fused-ring (bicyclic) bond motifs is 1. The van der Waals surface area contributed by atoms with Crippen LogP contribution in [0.25, 0.3) is 0 Å². The largest absolute Gasteiger partial charge is 0.465 e. The number of hydrogen-bond acceptors (Lipinski definition) is 6. The topological polar surface area (TPSA) is 96.4 Å². The molecule has 2 bridgehead atoms. The van der Waals surface area contributed by atoms with Crippen LogP contribution in [0, 0.1) is 11.8 Å². The van der Waals surface area contributed by atoms with E-state index in [-0.39, 0.29) is 42.4 Å². The zero-order chi connectivity index (χ0) is 24.3. The number of unbranched alkanes of at least 4 members (excludes halogenated alkanes) is 1. The molecule has 0 aliphatic carbocycles. The summed E-state index contributed by atoms with van der Waals surface area (Å²) < 4.78 is 11.9. The normalized spacial score (nSPS) is 32.2. The first-order valence-corrected chi connectivity index (χ1v) is 12.6. The first-order chi connectivity index (χ1) is 15.7. The molecule has 0 radical (unpaired) electrons. The number of aliphatic hydroxyl groups excluding tert-OH is 1. The molecule has 33 heavy (non-hydrogen) atoms. The van der Waals surface area contributed by atoms with E-state index in [0.29, 0.717) is 25.8 Å². The van der Waals surface area contributed by atoms with Gasteiger partial charge in [-0.25, -0.2) is 0 Å². The van der Waals surface area contributed by atoms with Crippen molar-refractivity contribution in [3.8, 4) is 0 Å². The molecular formula is C24H35BrN2O6. The monoisotopic (exact) mass is 526 g/mol. The predicted octanol–water partition coefficient (Wildman–Crippen LogP) is 2.05. The van der Waals surface area contributed by atoms with Crippen LogP contribution in [0.5, 0.6) is 0 Å². The van der Waals surface area contributed by atoms with E-state index in [0.717, 1.165) is 6.42 Å². The second-order valence-corrected chi connectivity index (χ2v) is 10.4. The summed E-state index contributed by atoms with van der Waals surface area (Å²) in [6, 6.07) is -0.975. The number of alkyl halides is 1. The smallest absolute Gasteiger partial charge is 0.312 e. The molecule has 184 valence electrons. The van der Waals surface area contributed by atoms with E-state index in [2.05, 4.69) is 29.1 Å². The average Bonchev–Trinajstić information content (AvgIpc) is 3.36. The van der Waals surface area contributed by atoms with Gasteiger partial charge in [-0.15, -0.1) is 13.2 Å². The molecule has 2 amide bonds. The Morgan fingerprint density at radius 1 is 1.36 bits per heavy atom. The van der Waals surface area contributed by atoms with E-state index in [4.69, 9.17) is 9.47 Å². The lowest BCUT2D eigenvalue weighted by Crippen LogP contribution is -2.58. The van der Waals surface area contributed by atoms with Gasteiger partial charge in [-0.05, 0) is 39.5 Å². The van der Waals surface area contributed by atoms with Crippen molar-refractivity contribution in [2.75, 3.05) is 26.3 Å². The molecule has 3 unspecified atom stereocenters. The van der Waals surface area contributed by atoms with Gasteiger partial charge in [0, 0.05) is 30.6 Å². The van der Waals surface area contributed by atoms with E-state index in [1.165, 1.54) is 4.90 Å². The van der Waals surface area contributed by atoms with Gasteiger partial charge >= 0.3 is 5.97 Å². The summed E-state index contributed by atoms with van der Waals surface area (Å²) >= 11 is 3.64. The van der Waals surface area contributed by atoms with Crippen molar-refractivity contribution in [1.82, 2.24) is 9.80 Å². The minimum atomic E-state index is -1.11. The maximum Gasteiger partial charge on any atom is 0.312 e. The summed E-state index contributed by atoms with van der Waals surface area (Å²) in [5, 5.41) is 9.41. The summed E-state index contributed by atoms with van der Waals surface area (Å²) in [7, 11) is 0. The van der Waals surface area contributed by atoms with Gasteiger partial charge in [-0.1, -0.05) is 28.1 Å². The van der Waals surface area contributed by atoms with Crippen LogP contribution in [0.2, 0.25) is 0 Å². The number of halogens is 1. The number of nitrogens with zero attached hydrogens (tertiary/aromatic N) is 2. The molecule has 3 aliphatic rings. The van der Waals surface area contributed by atoms with Crippen molar-refractivity contribution in [2.45, 2.75) is 68.1 Å². The lowest BCUT2D eigenvalue weighted by molar-refractivity contribution is -0.155. The van der Waals surface area contributed by atoms with Gasteiger partial charge in [0.05, 0.1) is 24.5 Å². The van der Waals surface area contributed by atoms with Crippen LogP contribution < -0.4 is 0 Å². The maximum absolute atomic E-state index is 13.8. The standard InChI is InChI=1S/C24H35BrN2O6/c1-5-7-8-13-32-23(31)17-18-21(29)27(11-9-12-28)20(22(30)26(10-6-2)15(3)4)24(18)14-16(25)19(17)33-24/h5-6,15-20,28H,1-2,7-14H2,3-4H3/t16?,17-,18-,19-,20?,24?/m0/s1. The number of aliphatic hydroxyl groups is 1. The lowest BCUT2D eigenvalue weighted by Gasteiger charge is -2.38. The molecule has 3 fully saturated rings. The fraction of sp³-hybridized carbons (Fsp3) is 0.708. The summed E-state index contributed by atoms with van der Waals surface area (Å²) in [4.78, 5) is 43.6. The highest BCUT2D eigenvalue weighted by Crippen LogP contribution is 2.60. The van der Waals surface area contributed by atoms with Gasteiger partial charge in [0.1, 0.15) is 11.6 Å². The van der Waals surface area contributed by atoms with Crippen molar-refractivity contribution in [1.29, 1.82) is 0 Å². The number of rotatable bonds is 12. The first kappa shape index (κ1) is 25.9. The second-order valence-electron chi connectivity index (χ2n) is 9.24. The van der Waals surface area contributed by atoms with Crippen LogP contribution in [0.3, 0.4) is 0 Å². The molecule has 1 N–H and O–H groups in total. The molecule has 3 saturated heterocycles. The Kier molecular flexibility index (Phi) is 8.40. The Hall–Kier alpha value is -1.71. The minimum absolute atomic E-state index is 0.107.